The smallest absolute Gasteiger partial charge is 0.387 e. The third-order valence-corrected chi connectivity index (χ3v) is 6.13. The van der Waals surface area contributed by atoms with Gasteiger partial charge in [0.1, 0.15) is 17.5 Å². The lowest BCUT2D eigenvalue weighted by Crippen LogP contribution is -2.49. The number of ether oxygens (including phenoxy) is 1. The van der Waals surface area contributed by atoms with E-state index in [9.17, 15) is 18.4 Å². The molecule has 0 saturated heterocycles. The zero-order valence-electron chi connectivity index (χ0n) is 18.5. The second kappa shape index (κ2) is 8.50. The largest absolute Gasteiger partial charge is 0.435 e. The lowest BCUT2D eigenvalue weighted by molar-refractivity contribution is -0.133. The van der Waals surface area contributed by atoms with Crippen molar-refractivity contribution in [1.82, 2.24) is 24.9 Å². The maximum absolute atomic E-state index is 13.6. The van der Waals surface area contributed by atoms with Crippen LogP contribution < -0.4 is 10.1 Å². The Balaban J connectivity index is 1.70. The molecule has 10 heteroatoms. The molecule has 8 nitrogen and oxygen atoms in total. The molecule has 1 aromatic carbocycles. The van der Waals surface area contributed by atoms with Gasteiger partial charge in [-0.15, -0.1) is 0 Å². The van der Waals surface area contributed by atoms with Gasteiger partial charge >= 0.3 is 6.61 Å². The topological polar surface area (TPSA) is 79.7 Å². The summed E-state index contributed by atoms with van der Waals surface area (Å²) in [5, 5.41) is 8.04. The van der Waals surface area contributed by atoms with Crippen molar-refractivity contribution in [3.05, 3.63) is 46.8 Å². The highest BCUT2D eigenvalue weighted by Crippen LogP contribution is 2.34. The van der Waals surface area contributed by atoms with E-state index in [1.807, 2.05) is 6.92 Å². The zero-order chi connectivity index (χ0) is 23.2. The Kier molecular flexibility index (Phi) is 5.89. The van der Waals surface area contributed by atoms with E-state index in [-0.39, 0.29) is 36.2 Å². The van der Waals surface area contributed by atoms with Crippen LogP contribution in [0, 0.1) is 0 Å². The molecule has 0 unspecified atom stereocenters. The number of amides is 2. The molecule has 0 bridgehead atoms. The number of alkyl halides is 2. The fourth-order valence-corrected chi connectivity index (χ4v) is 4.36. The van der Waals surface area contributed by atoms with Crippen molar-refractivity contribution >= 4 is 11.8 Å². The number of carbonyl (C=O) groups is 2. The van der Waals surface area contributed by atoms with Crippen molar-refractivity contribution in [2.75, 3.05) is 20.6 Å². The SMILES string of the molecule is C[C@@H]1Cc2nn3c(c2CN1)C(=O)N([C@H](C)c1ccc(OC(F)F)cc1)C[C@H]3C(=O)N(C)C. The number of nitrogens with one attached hydrogen (secondary N) is 1. The Morgan fingerprint density at radius 3 is 2.59 bits per heavy atom. The Morgan fingerprint density at radius 1 is 1.28 bits per heavy atom. The molecule has 2 aromatic rings. The van der Waals surface area contributed by atoms with Crippen LogP contribution in [0.15, 0.2) is 24.3 Å². The van der Waals surface area contributed by atoms with Crippen molar-refractivity contribution in [3.8, 4) is 5.75 Å². The second-order valence-corrected chi connectivity index (χ2v) is 8.53. The molecular formula is C22H27F2N5O3. The first-order valence-corrected chi connectivity index (χ1v) is 10.6. The first-order valence-electron chi connectivity index (χ1n) is 10.6. The molecule has 0 saturated carbocycles. The summed E-state index contributed by atoms with van der Waals surface area (Å²) in [6.07, 6.45) is 0.687. The van der Waals surface area contributed by atoms with E-state index in [1.54, 1.807) is 35.8 Å². The second-order valence-electron chi connectivity index (χ2n) is 8.53. The first kappa shape index (κ1) is 22.2. The van der Waals surface area contributed by atoms with E-state index < -0.39 is 12.7 Å². The van der Waals surface area contributed by atoms with E-state index in [1.165, 1.54) is 17.0 Å². The van der Waals surface area contributed by atoms with Gasteiger partial charge in [-0.05, 0) is 31.5 Å². The van der Waals surface area contributed by atoms with E-state index in [2.05, 4.69) is 22.1 Å². The zero-order valence-corrected chi connectivity index (χ0v) is 18.5. The standard InChI is InChI=1S/C22H27F2N5O3/c1-12-9-17-16(10-25-12)19-21(31)28(11-18(29(19)26-17)20(30)27(3)4)13(2)14-5-7-15(8-6-14)32-22(23)24/h5-8,12-13,18,22,25H,9-11H2,1-4H3/t12-,13-,18+/m1/s1. The third kappa shape index (κ3) is 3.94. The number of carbonyl (C=O) groups excluding carboxylic acids is 2. The predicted molar refractivity (Wildman–Crippen MR) is 112 cm³/mol. The van der Waals surface area contributed by atoms with Gasteiger partial charge in [-0.2, -0.15) is 13.9 Å². The van der Waals surface area contributed by atoms with Gasteiger partial charge in [0.25, 0.3) is 5.91 Å². The van der Waals surface area contributed by atoms with Gasteiger partial charge in [0.2, 0.25) is 5.91 Å². The molecule has 2 aliphatic rings. The van der Waals surface area contributed by atoms with Gasteiger partial charge in [-0.25, -0.2) is 4.68 Å². The molecule has 4 rings (SSSR count). The number of halogens is 2. The van der Waals surface area contributed by atoms with Gasteiger partial charge in [0.15, 0.2) is 0 Å². The summed E-state index contributed by atoms with van der Waals surface area (Å²) in [7, 11) is 3.36. The fourth-order valence-electron chi connectivity index (χ4n) is 4.36. The highest BCUT2D eigenvalue weighted by Gasteiger charge is 2.42. The monoisotopic (exact) mass is 447 g/mol. The van der Waals surface area contributed by atoms with Crippen LogP contribution in [0.2, 0.25) is 0 Å². The molecule has 172 valence electrons. The maximum Gasteiger partial charge on any atom is 0.387 e. The average Bonchev–Trinajstić information content (AvgIpc) is 3.12. The summed E-state index contributed by atoms with van der Waals surface area (Å²) in [5.41, 5.74) is 2.88. The summed E-state index contributed by atoms with van der Waals surface area (Å²) in [4.78, 5) is 29.8. The van der Waals surface area contributed by atoms with Gasteiger partial charge in [0, 0.05) is 38.7 Å². The molecule has 1 aromatic heterocycles. The average molecular weight is 447 g/mol. The van der Waals surface area contributed by atoms with Crippen molar-refractivity contribution in [3.63, 3.8) is 0 Å². The highest BCUT2D eigenvalue weighted by molar-refractivity contribution is 5.97. The molecule has 0 fully saturated rings. The lowest BCUT2D eigenvalue weighted by Gasteiger charge is -2.38. The highest BCUT2D eigenvalue weighted by atomic mass is 19.3. The van der Waals surface area contributed by atoms with Crippen molar-refractivity contribution in [2.24, 2.45) is 0 Å². The molecule has 2 amide bonds. The maximum atomic E-state index is 13.6. The number of hydrogen-bond donors (Lipinski definition) is 1. The van der Waals surface area contributed by atoms with Crippen molar-refractivity contribution in [1.29, 1.82) is 0 Å². The van der Waals surface area contributed by atoms with E-state index in [4.69, 9.17) is 0 Å². The fraction of sp³-hybridized carbons (Fsp3) is 0.500. The Morgan fingerprint density at radius 2 is 1.97 bits per heavy atom. The van der Waals surface area contributed by atoms with Gasteiger partial charge in [0.05, 0.1) is 18.3 Å². The number of fused-ring (bicyclic) bond motifs is 3. The van der Waals surface area contributed by atoms with Crippen LogP contribution >= 0.6 is 0 Å². The van der Waals surface area contributed by atoms with Gasteiger partial charge < -0.3 is 19.9 Å². The number of rotatable bonds is 5. The predicted octanol–water partition coefficient (Wildman–Crippen LogP) is 2.37. The number of aromatic nitrogens is 2. The summed E-state index contributed by atoms with van der Waals surface area (Å²) in [6, 6.07) is 5.43. The van der Waals surface area contributed by atoms with Crippen LogP contribution in [0.3, 0.4) is 0 Å². The van der Waals surface area contributed by atoms with Crippen molar-refractivity contribution < 1.29 is 23.1 Å². The Labute approximate surface area is 185 Å². The summed E-state index contributed by atoms with van der Waals surface area (Å²) >= 11 is 0. The van der Waals surface area contributed by atoms with Crippen LogP contribution in [0.1, 0.15) is 53.2 Å². The minimum absolute atomic E-state index is 0.0499. The van der Waals surface area contributed by atoms with E-state index >= 15 is 0 Å². The molecule has 0 radical (unpaired) electrons. The molecular weight excluding hydrogens is 420 g/mol. The molecule has 0 aliphatic carbocycles. The van der Waals surface area contributed by atoms with Gasteiger partial charge in [-0.3, -0.25) is 9.59 Å². The molecule has 0 spiro atoms. The van der Waals surface area contributed by atoms with Crippen LogP contribution in [0.25, 0.3) is 0 Å². The number of nitrogens with zero attached hydrogens (tertiary/aromatic N) is 4. The van der Waals surface area contributed by atoms with Crippen LogP contribution in [-0.4, -0.2) is 64.7 Å². The molecule has 3 atom stereocenters. The summed E-state index contributed by atoms with van der Waals surface area (Å²) in [6.45, 7) is 1.70. The Bertz CT molecular complexity index is 1020. The quantitative estimate of drug-likeness (QED) is 0.761. The molecule has 2 aliphatic heterocycles. The molecule has 3 heterocycles. The van der Waals surface area contributed by atoms with Crippen LogP contribution in [0.4, 0.5) is 8.78 Å². The third-order valence-electron chi connectivity index (χ3n) is 6.13. The van der Waals surface area contributed by atoms with Crippen LogP contribution in [0.5, 0.6) is 5.75 Å². The van der Waals surface area contributed by atoms with E-state index in [0.717, 1.165) is 16.8 Å². The van der Waals surface area contributed by atoms with Crippen molar-refractivity contribution in [2.45, 2.75) is 51.6 Å². The number of likely N-dealkylation sites (N-methyl/N-ethyl adjacent to an activating group) is 1. The number of hydrogen-bond acceptors (Lipinski definition) is 5. The normalized spacial score (nSPS) is 21.2. The summed E-state index contributed by atoms with van der Waals surface area (Å²) < 4.78 is 30.9. The lowest BCUT2D eigenvalue weighted by atomic mass is 9.98. The number of benzene rings is 1. The first-order chi connectivity index (χ1) is 15.2. The Hall–Kier alpha value is -3.01. The molecule has 1 N–H and O–H groups in total. The van der Waals surface area contributed by atoms with E-state index in [0.29, 0.717) is 18.7 Å². The van der Waals surface area contributed by atoms with Crippen LogP contribution in [-0.2, 0) is 17.8 Å². The minimum atomic E-state index is -2.90. The summed E-state index contributed by atoms with van der Waals surface area (Å²) in [5.74, 6) is -0.287. The van der Waals surface area contributed by atoms with Gasteiger partial charge in [-0.1, -0.05) is 12.1 Å². The minimum Gasteiger partial charge on any atom is -0.435 e. The molecule has 32 heavy (non-hydrogen) atoms.